The van der Waals surface area contributed by atoms with Crippen molar-refractivity contribution < 1.29 is 24.0 Å². The van der Waals surface area contributed by atoms with Crippen LogP contribution in [0.2, 0.25) is 0 Å². The number of benzene rings is 2. The van der Waals surface area contributed by atoms with Crippen LogP contribution in [0.1, 0.15) is 23.2 Å². The van der Waals surface area contributed by atoms with Gasteiger partial charge in [0.2, 0.25) is 5.91 Å². The van der Waals surface area contributed by atoms with Crippen molar-refractivity contribution in [2.45, 2.75) is 12.8 Å². The standard InChI is InChI=1S/C19H18N2O6/c1-26-15-7-8-18(16(11-15)21(24)25)27-12-17(22)13-4-2-5-14(10-13)20-9-3-6-19(20)23/h2,4-5,7-8,10-11H,3,6,9,12H2,1H3. The summed E-state index contributed by atoms with van der Waals surface area (Å²) in [6, 6.07) is 10.9. The Morgan fingerprint density at radius 1 is 1.26 bits per heavy atom. The summed E-state index contributed by atoms with van der Waals surface area (Å²) < 4.78 is 10.3. The molecule has 0 radical (unpaired) electrons. The quantitative estimate of drug-likeness (QED) is 0.422. The van der Waals surface area contributed by atoms with Crippen LogP contribution in [0.5, 0.6) is 11.5 Å². The summed E-state index contributed by atoms with van der Waals surface area (Å²) in [4.78, 5) is 36.5. The smallest absolute Gasteiger partial charge is 0.314 e. The fourth-order valence-corrected chi connectivity index (χ4v) is 2.88. The molecule has 0 aliphatic carbocycles. The van der Waals surface area contributed by atoms with Gasteiger partial charge in [-0.3, -0.25) is 19.7 Å². The molecule has 0 bridgehead atoms. The van der Waals surface area contributed by atoms with E-state index < -0.39 is 4.92 Å². The lowest BCUT2D eigenvalue weighted by Crippen LogP contribution is -2.24. The number of Topliss-reactive ketones (excluding diaryl/α,β-unsaturated/α-hetero) is 1. The van der Waals surface area contributed by atoms with E-state index in [2.05, 4.69) is 0 Å². The average Bonchev–Trinajstić information content (AvgIpc) is 3.12. The van der Waals surface area contributed by atoms with Crippen molar-refractivity contribution in [2.24, 2.45) is 0 Å². The Balaban J connectivity index is 1.73. The largest absolute Gasteiger partial charge is 0.496 e. The van der Waals surface area contributed by atoms with Gasteiger partial charge in [0.25, 0.3) is 0 Å². The zero-order valence-electron chi connectivity index (χ0n) is 14.7. The van der Waals surface area contributed by atoms with Gasteiger partial charge in [-0.05, 0) is 30.7 Å². The molecule has 0 atom stereocenters. The van der Waals surface area contributed by atoms with Gasteiger partial charge in [0, 0.05) is 24.2 Å². The van der Waals surface area contributed by atoms with Crippen LogP contribution in [0.15, 0.2) is 42.5 Å². The Labute approximate surface area is 155 Å². The zero-order valence-corrected chi connectivity index (χ0v) is 14.7. The van der Waals surface area contributed by atoms with Crippen molar-refractivity contribution in [3.8, 4) is 11.5 Å². The summed E-state index contributed by atoms with van der Waals surface area (Å²) in [6.45, 7) is 0.273. The predicted octanol–water partition coefficient (Wildman–Crippen LogP) is 2.99. The number of carbonyl (C=O) groups is 2. The third-order valence-electron chi connectivity index (χ3n) is 4.27. The molecule has 8 heteroatoms. The van der Waals surface area contributed by atoms with Crippen LogP contribution in [0.3, 0.4) is 0 Å². The van der Waals surface area contributed by atoms with E-state index in [1.165, 1.54) is 25.3 Å². The molecular formula is C19H18N2O6. The van der Waals surface area contributed by atoms with Gasteiger partial charge in [-0.25, -0.2) is 0 Å². The zero-order chi connectivity index (χ0) is 19.4. The molecule has 1 saturated heterocycles. The van der Waals surface area contributed by atoms with Gasteiger partial charge in [-0.1, -0.05) is 12.1 Å². The van der Waals surface area contributed by atoms with Crippen molar-refractivity contribution in [1.82, 2.24) is 0 Å². The van der Waals surface area contributed by atoms with E-state index in [0.29, 0.717) is 30.0 Å². The highest BCUT2D eigenvalue weighted by atomic mass is 16.6. The van der Waals surface area contributed by atoms with Crippen molar-refractivity contribution in [1.29, 1.82) is 0 Å². The topological polar surface area (TPSA) is 99.0 Å². The normalized spacial score (nSPS) is 13.5. The van der Waals surface area contributed by atoms with Crippen LogP contribution in [0, 0.1) is 10.1 Å². The Kier molecular flexibility index (Phi) is 5.35. The van der Waals surface area contributed by atoms with Gasteiger partial charge < -0.3 is 14.4 Å². The van der Waals surface area contributed by atoms with E-state index >= 15 is 0 Å². The first-order valence-electron chi connectivity index (χ1n) is 8.38. The van der Waals surface area contributed by atoms with Crippen LogP contribution in [0.4, 0.5) is 11.4 Å². The Bertz CT molecular complexity index is 896. The van der Waals surface area contributed by atoms with Gasteiger partial charge >= 0.3 is 5.69 Å². The Morgan fingerprint density at radius 2 is 2.07 bits per heavy atom. The minimum absolute atomic E-state index is 0.0139. The summed E-state index contributed by atoms with van der Waals surface area (Å²) >= 11 is 0. The second kappa shape index (κ2) is 7.86. The number of hydrogen-bond acceptors (Lipinski definition) is 6. The molecule has 0 saturated carbocycles. The lowest BCUT2D eigenvalue weighted by Gasteiger charge is -2.16. The highest BCUT2D eigenvalue weighted by Crippen LogP contribution is 2.31. The molecule has 1 fully saturated rings. The number of methoxy groups -OCH3 is 1. The third kappa shape index (κ3) is 4.05. The summed E-state index contributed by atoms with van der Waals surface area (Å²) in [5, 5.41) is 11.2. The van der Waals surface area contributed by atoms with Crippen molar-refractivity contribution in [2.75, 3.05) is 25.2 Å². The van der Waals surface area contributed by atoms with E-state index in [4.69, 9.17) is 9.47 Å². The van der Waals surface area contributed by atoms with E-state index in [-0.39, 0.29) is 29.7 Å². The SMILES string of the molecule is COc1ccc(OCC(=O)c2cccc(N3CCCC3=O)c2)c([N+](=O)[O-])c1. The number of hydrogen-bond donors (Lipinski definition) is 0. The van der Waals surface area contributed by atoms with Crippen molar-refractivity contribution >= 4 is 23.1 Å². The molecular weight excluding hydrogens is 352 g/mol. The Morgan fingerprint density at radius 3 is 2.74 bits per heavy atom. The molecule has 0 unspecified atom stereocenters. The third-order valence-corrected chi connectivity index (χ3v) is 4.27. The van der Waals surface area contributed by atoms with Crippen LogP contribution < -0.4 is 14.4 Å². The van der Waals surface area contributed by atoms with Gasteiger partial charge in [-0.2, -0.15) is 0 Å². The summed E-state index contributed by atoms with van der Waals surface area (Å²) in [6.07, 6.45) is 1.30. The van der Waals surface area contributed by atoms with Gasteiger partial charge in [0.1, 0.15) is 5.75 Å². The van der Waals surface area contributed by atoms with Crippen molar-refractivity contribution in [3.05, 3.63) is 58.1 Å². The lowest BCUT2D eigenvalue weighted by atomic mass is 10.1. The molecule has 3 rings (SSSR count). The summed E-state index contributed by atoms with van der Waals surface area (Å²) in [5.41, 5.74) is 0.765. The fraction of sp³-hybridized carbons (Fsp3) is 0.263. The minimum Gasteiger partial charge on any atom is -0.496 e. The molecule has 0 spiro atoms. The van der Waals surface area contributed by atoms with E-state index in [0.717, 1.165) is 6.42 Å². The number of nitro groups is 1. The maximum atomic E-state index is 12.4. The van der Waals surface area contributed by atoms with Crippen LogP contribution in [-0.2, 0) is 4.79 Å². The van der Waals surface area contributed by atoms with Gasteiger partial charge in [0.15, 0.2) is 18.1 Å². The maximum Gasteiger partial charge on any atom is 0.314 e. The second-order valence-corrected chi connectivity index (χ2v) is 6.00. The van der Waals surface area contributed by atoms with E-state index in [1.807, 2.05) is 0 Å². The fourth-order valence-electron chi connectivity index (χ4n) is 2.88. The highest BCUT2D eigenvalue weighted by molar-refractivity contribution is 6.00. The number of amides is 1. The number of rotatable bonds is 7. The lowest BCUT2D eigenvalue weighted by molar-refractivity contribution is -0.385. The summed E-state index contributed by atoms with van der Waals surface area (Å²) in [7, 11) is 1.40. The number of nitro benzene ring substituents is 1. The number of ketones is 1. The number of anilines is 1. The molecule has 0 aromatic heterocycles. The second-order valence-electron chi connectivity index (χ2n) is 6.00. The molecule has 8 nitrogen and oxygen atoms in total. The Hall–Kier alpha value is -3.42. The van der Waals surface area contributed by atoms with Crippen LogP contribution >= 0.6 is 0 Å². The molecule has 140 valence electrons. The van der Waals surface area contributed by atoms with Crippen LogP contribution in [-0.4, -0.2) is 36.9 Å². The number of nitrogens with zero attached hydrogens (tertiary/aromatic N) is 2. The molecule has 1 aliphatic heterocycles. The minimum atomic E-state index is -0.595. The number of ether oxygens (including phenoxy) is 2. The number of carbonyl (C=O) groups excluding carboxylic acids is 2. The summed E-state index contributed by atoms with van der Waals surface area (Å²) in [5.74, 6) is 0.00158. The molecule has 1 amide bonds. The molecule has 2 aromatic rings. The molecule has 1 heterocycles. The van der Waals surface area contributed by atoms with Crippen LogP contribution in [0.25, 0.3) is 0 Å². The molecule has 1 aliphatic rings. The monoisotopic (exact) mass is 370 g/mol. The first-order chi connectivity index (χ1) is 13.0. The molecule has 0 N–H and O–H groups in total. The molecule has 2 aromatic carbocycles. The first kappa shape index (κ1) is 18.4. The average molecular weight is 370 g/mol. The first-order valence-corrected chi connectivity index (χ1v) is 8.38. The van der Waals surface area contributed by atoms with E-state index in [9.17, 15) is 19.7 Å². The predicted molar refractivity (Wildman–Crippen MR) is 97.5 cm³/mol. The highest BCUT2D eigenvalue weighted by Gasteiger charge is 2.23. The maximum absolute atomic E-state index is 12.4. The van der Waals surface area contributed by atoms with E-state index in [1.54, 1.807) is 29.2 Å². The molecule has 27 heavy (non-hydrogen) atoms. The van der Waals surface area contributed by atoms with Gasteiger partial charge in [-0.15, -0.1) is 0 Å². The van der Waals surface area contributed by atoms with Gasteiger partial charge in [0.05, 0.1) is 18.1 Å². The van der Waals surface area contributed by atoms with Crippen molar-refractivity contribution in [3.63, 3.8) is 0 Å².